The molecule has 1 saturated heterocycles. The molecule has 2 N–H and O–H groups in total. The van der Waals surface area contributed by atoms with E-state index in [4.69, 9.17) is 10.5 Å². The van der Waals surface area contributed by atoms with E-state index in [9.17, 15) is 9.59 Å². The quantitative estimate of drug-likeness (QED) is 0.849. The summed E-state index contributed by atoms with van der Waals surface area (Å²) in [7, 11) is 1.60. The topological polar surface area (TPSA) is 75.9 Å². The first kappa shape index (κ1) is 15.3. The number of benzene rings is 1. The number of amides is 2. The van der Waals surface area contributed by atoms with Crippen LogP contribution in [0.5, 0.6) is 5.75 Å². The van der Waals surface area contributed by atoms with Gasteiger partial charge in [-0.1, -0.05) is 6.07 Å². The average molecular weight is 291 g/mol. The van der Waals surface area contributed by atoms with Gasteiger partial charge < -0.3 is 20.3 Å². The Balaban J connectivity index is 2.11. The fourth-order valence-electron chi connectivity index (χ4n) is 2.45. The van der Waals surface area contributed by atoms with Gasteiger partial charge in [-0.15, -0.1) is 0 Å². The third-order valence-electron chi connectivity index (χ3n) is 3.68. The monoisotopic (exact) mass is 291 g/mol. The Morgan fingerprint density at radius 2 is 1.86 bits per heavy atom. The van der Waals surface area contributed by atoms with Gasteiger partial charge >= 0.3 is 0 Å². The second-order valence-corrected chi connectivity index (χ2v) is 5.01. The SMILES string of the molecule is CCN1CC(=O)N(Cc2ccc(OC)c(CN)c2)CC1=O. The number of rotatable bonds is 5. The van der Waals surface area contributed by atoms with Gasteiger partial charge in [-0.3, -0.25) is 9.59 Å². The summed E-state index contributed by atoms with van der Waals surface area (Å²) in [6.45, 7) is 3.52. The molecule has 21 heavy (non-hydrogen) atoms. The van der Waals surface area contributed by atoms with Gasteiger partial charge in [0, 0.05) is 25.2 Å². The minimum atomic E-state index is -0.0263. The number of carbonyl (C=O) groups is 2. The van der Waals surface area contributed by atoms with E-state index in [0.717, 1.165) is 16.9 Å². The van der Waals surface area contributed by atoms with Crippen LogP contribution < -0.4 is 10.5 Å². The molecular formula is C15H21N3O3. The summed E-state index contributed by atoms with van der Waals surface area (Å²) in [6, 6.07) is 5.65. The minimum absolute atomic E-state index is 0.00957. The highest BCUT2D eigenvalue weighted by atomic mass is 16.5. The van der Waals surface area contributed by atoms with Crippen molar-refractivity contribution in [3.63, 3.8) is 0 Å². The number of carbonyl (C=O) groups excluding carboxylic acids is 2. The molecule has 1 fully saturated rings. The predicted molar refractivity (Wildman–Crippen MR) is 78.6 cm³/mol. The van der Waals surface area contributed by atoms with Crippen molar-refractivity contribution >= 4 is 11.8 Å². The standard InChI is InChI=1S/C15H21N3O3/c1-3-17-9-15(20)18(10-14(17)19)8-11-4-5-13(21-2)12(6-11)7-16/h4-6H,3,7-10,16H2,1-2H3. The van der Waals surface area contributed by atoms with Gasteiger partial charge in [0.1, 0.15) is 12.3 Å². The van der Waals surface area contributed by atoms with E-state index < -0.39 is 0 Å². The summed E-state index contributed by atoms with van der Waals surface area (Å²) < 4.78 is 5.23. The molecule has 2 rings (SSSR count). The van der Waals surface area contributed by atoms with Crippen molar-refractivity contribution in [2.24, 2.45) is 5.73 Å². The summed E-state index contributed by atoms with van der Waals surface area (Å²) >= 11 is 0. The van der Waals surface area contributed by atoms with Gasteiger partial charge in [0.25, 0.3) is 0 Å². The number of ether oxygens (including phenoxy) is 1. The highest BCUT2D eigenvalue weighted by Gasteiger charge is 2.28. The molecule has 0 aliphatic carbocycles. The van der Waals surface area contributed by atoms with Crippen LogP contribution in [-0.2, 0) is 22.7 Å². The summed E-state index contributed by atoms with van der Waals surface area (Å²) in [5, 5.41) is 0. The van der Waals surface area contributed by atoms with Crippen LogP contribution in [0, 0.1) is 0 Å². The van der Waals surface area contributed by atoms with Crippen LogP contribution >= 0.6 is 0 Å². The van der Waals surface area contributed by atoms with Crippen LogP contribution in [0.25, 0.3) is 0 Å². The number of methoxy groups -OCH3 is 1. The number of nitrogens with zero attached hydrogens (tertiary/aromatic N) is 2. The Kier molecular flexibility index (Phi) is 4.80. The molecule has 0 aromatic heterocycles. The predicted octanol–water partition coefficient (Wildman–Crippen LogP) is 0.345. The largest absolute Gasteiger partial charge is 0.496 e. The van der Waals surface area contributed by atoms with Crippen LogP contribution in [0.2, 0.25) is 0 Å². The van der Waals surface area contributed by atoms with Crippen LogP contribution in [-0.4, -0.2) is 48.4 Å². The molecule has 6 nitrogen and oxygen atoms in total. The Bertz CT molecular complexity index is 545. The zero-order chi connectivity index (χ0) is 15.4. The maximum atomic E-state index is 12.1. The van der Waals surface area contributed by atoms with Crippen molar-refractivity contribution in [3.05, 3.63) is 29.3 Å². The molecule has 6 heteroatoms. The lowest BCUT2D eigenvalue weighted by molar-refractivity contribution is -0.150. The van der Waals surface area contributed by atoms with Crippen molar-refractivity contribution in [2.75, 3.05) is 26.7 Å². The maximum Gasteiger partial charge on any atom is 0.242 e. The molecule has 1 aliphatic heterocycles. The van der Waals surface area contributed by atoms with E-state index in [1.165, 1.54) is 0 Å². The first-order chi connectivity index (χ1) is 10.1. The molecule has 0 saturated carbocycles. The summed E-state index contributed by atoms with van der Waals surface area (Å²) in [4.78, 5) is 27.1. The second-order valence-electron chi connectivity index (χ2n) is 5.01. The molecular weight excluding hydrogens is 270 g/mol. The zero-order valence-electron chi connectivity index (χ0n) is 12.5. The fourth-order valence-corrected chi connectivity index (χ4v) is 2.45. The third-order valence-corrected chi connectivity index (χ3v) is 3.68. The molecule has 2 amide bonds. The Labute approximate surface area is 124 Å². The third kappa shape index (κ3) is 3.33. The van der Waals surface area contributed by atoms with Crippen molar-refractivity contribution in [3.8, 4) is 5.75 Å². The van der Waals surface area contributed by atoms with E-state index in [-0.39, 0.29) is 24.9 Å². The molecule has 1 aromatic carbocycles. The first-order valence-corrected chi connectivity index (χ1v) is 7.00. The Morgan fingerprint density at radius 3 is 2.48 bits per heavy atom. The van der Waals surface area contributed by atoms with E-state index in [2.05, 4.69) is 0 Å². The minimum Gasteiger partial charge on any atom is -0.496 e. The number of hydrogen-bond donors (Lipinski definition) is 1. The second kappa shape index (κ2) is 6.58. The normalized spacial score (nSPS) is 15.6. The van der Waals surface area contributed by atoms with E-state index in [0.29, 0.717) is 19.6 Å². The maximum absolute atomic E-state index is 12.1. The molecule has 0 bridgehead atoms. The lowest BCUT2D eigenvalue weighted by Crippen LogP contribution is -2.53. The van der Waals surface area contributed by atoms with E-state index >= 15 is 0 Å². The van der Waals surface area contributed by atoms with Crippen molar-refractivity contribution < 1.29 is 14.3 Å². The summed E-state index contributed by atoms with van der Waals surface area (Å²) in [5.74, 6) is 0.700. The van der Waals surface area contributed by atoms with Crippen LogP contribution in [0.1, 0.15) is 18.1 Å². The van der Waals surface area contributed by atoms with E-state index in [1.807, 2.05) is 25.1 Å². The molecule has 1 aromatic rings. The molecule has 0 atom stereocenters. The van der Waals surface area contributed by atoms with Crippen molar-refractivity contribution in [1.29, 1.82) is 0 Å². The van der Waals surface area contributed by atoms with Gasteiger partial charge in [0.15, 0.2) is 0 Å². The summed E-state index contributed by atoms with van der Waals surface area (Å²) in [5.41, 5.74) is 7.53. The van der Waals surface area contributed by atoms with Crippen LogP contribution in [0.15, 0.2) is 18.2 Å². The van der Waals surface area contributed by atoms with Gasteiger partial charge in [-0.25, -0.2) is 0 Å². The molecule has 1 aliphatic rings. The Morgan fingerprint density at radius 1 is 1.19 bits per heavy atom. The smallest absolute Gasteiger partial charge is 0.242 e. The van der Waals surface area contributed by atoms with Gasteiger partial charge in [0.05, 0.1) is 13.7 Å². The molecule has 114 valence electrons. The highest BCUT2D eigenvalue weighted by Crippen LogP contribution is 2.20. The average Bonchev–Trinajstić information content (AvgIpc) is 2.50. The number of piperazine rings is 1. The number of likely N-dealkylation sites (N-methyl/N-ethyl adjacent to an activating group) is 1. The molecule has 0 radical (unpaired) electrons. The lowest BCUT2D eigenvalue weighted by Gasteiger charge is -2.33. The molecule has 0 unspecified atom stereocenters. The van der Waals surface area contributed by atoms with Gasteiger partial charge in [-0.2, -0.15) is 0 Å². The van der Waals surface area contributed by atoms with Gasteiger partial charge in [0.2, 0.25) is 11.8 Å². The van der Waals surface area contributed by atoms with Crippen molar-refractivity contribution in [2.45, 2.75) is 20.0 Å². The van der Waals surface area contributed by atoms with E-state index in [1.54, 1.807) is 16.9 Å². The fraction of sp³-hybridized carbons (Fsp3) is 0.467. The van der Waals surface area contributed by atoms with Crippen LogP contribution in [0.4, 0.5) is 0 Å². The Hall–Kier alpha value is -2.08. The lowest BCUT2D eigenvalue weighted by atomic mass is 10.1. The number of nitrogens with two attached hydrogens (primary N) is 1. The molecule has 1 heterocycles. The zero-order valence-corrected chi connectivity index (χ0v) is 12.5. The van der Waals surface area contributed by atoms with Gasteiger partial charge in [-0.05, 0) is 24.6 Å². The summed E-state index contributed by atoms with van der Waals surface area (Å²) in [6.07, 6.45) is 0. The first-order valence-electron chi connectivity index (χ1n) is 7.00. The molecule has 0 spiro atoms. The van der Waals surface area contributed by atoms with Crippen LogP contribution in [0.3, 0.4) is 0 Å². The number of hydrogen-bond acceptors (Lipinski definition) is 4. The highest BCUT2D eigenvalue weighted by molar-refractivity contribution is 5.92. The van der Waals surface area contributed by atoms with Crippen molar-refractivity contribution in [1.82, 2.24) is 9.80 Å².